The Bertz CT molecular complexity index is 716. The third kappa shape index (κ3) is 2.82. The lowest BCUT2D eigenvalue weighted by molar-refractivity contribution is 0.105. The number of unbranched alkanes of at least 4 members (excludes halogenated alkanes) is 2. The second-order valence-electron chi connectivity index (χ2n) is 6.80. The van der Waals surface area contributed by atoms with Crippen molar-refractivity contribution in [2.75, 3.05) is 0 Å². The summed E-state index contributed by atoms with van der Waals surface area (Å²) in [4.78, 5) is 0. The van der Waals surface area contributed by atoms with E-state index in [9.17, 15) is 5.11 Å². The van der Waals surface area contributed by atoms with Gasteiger partial charge in [-0.25, -0.2) is 0 Å². The summed E-state index contributed by atoms with van der Waals surface area (Å²) in [6.45, 7) is 9.16. The van der Waals surface area contributed by atoms with Crippen molar-refractivity contribution in [2.24, 2.45) is 0 Å². The van der Waals surface area contributed by atoms with E-state index >= 15 is 0 Å². The number of fused-ring (bicyclic) bond motifs is 3. The SMILES string of the molecule is CCCCCc1cc(O)c2c(c1)OC(C)(C)c1cn(CC)nc1-2. The fourth-order valence-electron chi connectivity index (χ4n) is 3.24. The van der Waals surface area contributed by atoms with Crippen molar-refractivity contribution in [3.63, 3.8) is 0 Å². The molecule has 4 nitrogen and oxygen atoms in total. The molecule has 0 saturated heterocycles. The van der Waals surface area contributed by atoms with E-state index in [-0.39, 0.29) is 5.75 Å². The van der Waals surface area contributed by atoms with Gasteiger partial charge in [-0.3, -0.25) is 4.68 Å². The van der Waals surface area contributed by atoms with Gasteiger partial charge in [0.05, 0.1) is 5.56 Å². The molecule has 0 fully saturated rings. The molecule has 1 aromatic carbocycles. The molecule has 1 aliphatic heterocycles. The van der Waals surface area contributed by atoms with Gasteiger partial charge in [-0.2, -0.15) is 5.10 Å². The molecule has 2 heterocycles. The van der Waals surface area contributed by atoms with Gasteiger partial charge in [0.2, 0.25) is 0 Å². The molecule has 0 saturated carbocycles. The molecule has 124 valence electrons. The van der Waals surface area contributed by atoms with Crippen LogP contribution >= 0.6 is 0 Å². The lowest BCUT2D eigenvalue weighted by atomic mass is 9.90. The Hall–Kier alpha value is -1.97. The van der Waals surface area contributed by atoms with Crippen molar-refractivity contribution in [1.29, 1.82) is 0 Å². The average molecular weight is 314 g/mol. The maximum Gasteiger partial charge on any atom is 0.134 e. The lowest BCUT2D eigenvalue weighted by Gasteiger charge is -2.32. The number of hydrogen-bond acceptors (Lipinski definition) is 3. The third-order valence-electron chi connectivity index (χ3n) is 4.55. The van der Waals surface area contributed by atoms with E-state index < -0.39 is 5.60 Å². The summed E-state index contributed by atoms with van der Waals surface area (Å²) in [6.07, 6.45) is 6.52. The molecule has 0 aliphatic carbocycles. The first kappa shape index (κ1) is 15.9. The Labute approximate surface area is 138 Å². The second-order valence-corrected chi connectivity index (χ2v) is 6.80. The average Bonchev–Trinajstić information content (AvgIpc) is 2.92. The van der Waals surface area contributed by atoms with Crippen LogP contribution in [-0.2, 0) is 18.6 Å². The van der Waals surface area contributed by atoms with Gasteiger partial charge in [0, 0.05) is 18.3 Å². The summed E-state index contributed by atoms with van der Waals surface area (Å²) >= 11 is 0. The first-order valence-corrected chi connectivity index (χ1v) is 8.59. The zero-order valence-corrected chi connectivity index (χ0v) is 14.5. The molecule has 1 N–H and O–H groups in total. The monoisotopic (exact) mass is 314 g/mol. The van der Waals surface area contributed by atoms with Crippen LogP contribution < -0.4 is 4.74 Å². The maximum atomic E-state index is 10.6. The minimum atomic E-state index is -0.440. The summed E-state index contributed by atoms with van der Waals surface area (Å²) in [6, 6.07) is 3.94. The first-order valence-electron chi connectivity index (χ1n) is 8.59. The molecule has 0 radical (unpaired) electrons. The van der Waals surface area contributed by atoms with Crippen LogP contribution in [0.15, 0.2) is 18.3 Å². The number of ether oxygens (including phenoxy) is 1. The molecular weight excluding hydrogens is 288 g/mol. The van der Waals surface area contributed by atoms with E-state index in [1.807, 2.05) is 16.9 Å². The molecule has 2 aromatic rings. The maximum absolute atomic E-state index is 10.6. The fourth-order valence-corrected chi connectivity index (χ4v) is 3.24. The van der Waals surface area contributed by atoms with E-state index in [1.54, 1.807) is 0 Å². The van der Waals surface area contributed by atoms with Crippen LogP contribution in [0.25, 0.3) is 11.3 Å². The van der Waals surface area contributed by atoms with Gasteiger partial charge >= 0.3 is 0 Å². The quantitative estimate of drug-likeness (QED) is 0.818. The van der Waals surface area contributed by atoms with Gasteiger partial charge in [-0.05, 0) is 51.3 Å². The van der Waals surface area contributed by atoms with Crippen molar-refractivity contribution in [3.05, 3.63) is 29.5 Å². The third-order valence-corrected chi connectivity index (χ3v) is 4.55. The number of aromatic hydroxyl groups is 1. The highest BCUT2D eigenvalue weighted by Gasteiger charge is 2.37. The minimum absolute atomic E-state index is 0.270. The van der Waals surface area contributed by atoms with Crippen LogP contribution in [0.3, 0.4) is 0 Å². The standard InChI is InChI=1S/C19H26N2O2/c1-5-7-8-9-13-10-15(22)17-16(11-13)23-19(3,4)14-12-21(6-2)20-18(14)17/h10-12,22H,5-9H2,1-4H3. The van der Waals surface area contributed by atoms with Crippen LogP contribution in [0.5, 0.6) is 11.5 Å². The van der Waals surface area contributed by atoms with E-state index in [0.717, 1.165) is 47.5 Å². The normalized spacial score (nSPS) is 15.0. The molecule has 0 amide bonds. The van der Waals surface area contributed by atoms with Gasteiger partial charge in [0.15, 0.2) is 0 Å². The Balaban J connectivity index is 2.05. The Kier molecular flexibility index (Phi) is 4.09. The van der Waals surface area contributed by atoms with Crippen molar-refractivity contribution < 1.29 is 9.84 Å². The molecule has 23 heavy (non-hydrogen) atoms. The lowest BCUT2D eigenvalue weighted by Crippen LogP contribution is -2.28. The van der Waals surface area contributed by atoms with E-state index in [1.165, 1.54) is 12.8 Å². The van der Waals surface area contributed by atoms with Gasteiger partial charge in [0.1, 0.15) is 22.8 Å². The summed E-state index contributed by atoms with van der Waals surface area (Å²) in [5.74, 6) is 1.02. The van der Waals surface area contributed by atoms with Crippen LogP contribution in [0.2, 0.25) is 0 Å². The van der Waals surface area contributed by atoms with Crippen molar-refractivity contribution in [1.82, 2.24) is 9.78 Å². The molecule has 1 aromatic heterocycles. The summed E-state index contributed by atoms with van der Waals surface area (Å²) in [5, 5.41) is 15.2. The van der Waals surface area contributed by atoms with E-state index in [2.05, 4.69) is 38.9 Å². The van der Waals surface area contributed by atoms with Crippen molar-refractivity contribution in [3.8, 4) is 22.8 Å². The smallest absolute Gasteiger partial charge is 0.134 e. The first-order chi connectivity index (χ1) is 11.0. The largest absolute Gasteiger partial charge is 0.507 e. The van der Waals surface area contributed by atoms with Crippen LogP contribution in [0.1, 0.15) is 58.1 Å². The molecule has 3 rings (SSSR count). The molecule has 0 bridgehead atoms. The Morgan fingerprint density at radius 2 is 2.00 bits per heavy atom. The number of rotatable bonds is 5. The van der Waals surface area contributed by atoms with Crippen molar-refractivity contribution in [2.45, 2.75) is 65.5 Å². The predicted octanol–water partition coefficient (Wildman–Crippen LogP) is 4.64. The molecule has 0 atom stereocenters. The Morgan fingerprint density at radius 1 is 1.22 bits per heavy atom. The van der Waals surface area contributed by atoms with Crippen LogP contribution in [0.4, 0.5) is 0 Å². The van der Waals surface area contributed by atoms with Crippen molar-refractivity contribution >= 4 is 0 Å². The fraction of sp³-hybridized carbons (Fsp3) is 0.526. The van der Waals surface area contributed by atoms with Gasteiger partial charge in [-0.1, -0.05) is 19.8 Å². The molecule has 0 unspecified atom stereocenters. The number of aryl methyl sites for hydroxylation is 2. The summed E-state index contributed by atoms with van der Waals surface area (Å²) in [7, 11) is 0. The topological polar surface area (TPSA) is 47.3 Å². The second kappa shape index (κ2) is 5.91. The number of phenolic OH excluding ortho intramolecular Hbond substituents is 1. The minimum Gasteiger partial charge on any atom is -0.507 e. The number of phenols is 1. The van der Waals surface area contributed by atoms with Gasteiger partial charge in [0.25, 0.3) is 0 Å². The van der Waals surface area contributed by atoms with Crippen LogP contribution in [0, 0.1) is 0 Å². The number of hydrogen-bond donors (Lipinski definition) is 1. The Morgan fingerprint density at radius 3 is 2.70 bits per heavy atom. The zero-order valence-electron chi connectivity index (χ0n) is 14.5. The number of benzene rings is 1. The molecule has 0 spiro atoms. The number of nitrogens with zero attached hydrogens (tertiary/aromatic N) is 2. The number of aromatic nitrogens is 2. The zero-order chi connectivity index (χ0) is 16.6. The van der Waals surface area contributed by atoms with Gasteiger partial charge < -0.3 is 9.84 Å². The molecular formula is C19H26N2O2. The highest BCUT2D eigenvalue weighted by Crippen LogP contribution is 2.48. The van der Waals surface area contributed by atoms with Crippen LogP contribution in [-0.4, -0.2) is 14.9 Å². The van der Waals surface area contributed by atoms with Gasteiger partial charge in [-0.15, -0.1) is 0 Å². The summed E-state index contributed by atoms with van der Waals surface area (Å²) in [5.41, 5.74) is 3.29. The van der Waals surface area contributed by atoms with E-state index in [4.69, 9.17) is 4.74 Å². The highest BCUT2D eigenvalue weighted by atomic mass is 16.5. The molecule has 4 heteroatoms. The van der Waals surface area contributed by atoms with E-state index in [0.29, 0.717) is 0 Å². The summed E-state index contributed by atoms with van der Waals surface area (Å²) < 4.78 is 8.12. The highest BCUT2D eigenvalue weighted by molar-refractivity contribution is 5.79. The molecule has 1 aliphatic rings. The predicted molar refractivity (Wildman–Crippen MR) is 91.9 cm³/mol.